The number of hydrogen-bond acceptors (Lipinski definition) is 9. The van der Waals surface area contributed by atoms with Crippen molar-refractivity contribution in [2.45, 2.75) is 77.3 Å². The fourth-order valence-electron chi connectivity index (χ4n) is 5.83. The number of anilines is 2. The summed E-state index contributed by atoms with van der Waals surface area (Å²) in [4.78, 5) is 30.3. The molecule has 0 spiro atoms. The first-order valence-corrected chi connectivity index (χ1v) is 16.4. The van der Waals surface area contributed by atoms with E-state index >= 15 is 0 Å². The average molecular weight is 633 g/mol. The summed E-state index contributed by atoms with van der Waals surface area (Å²) in [5, 5.41) is 0. The predicted octanol–water partition coefficient (Wildman–Crippen LogP) is 7.36. The van der Waals surface area contributed by atoms with E-state index < -0.39 is 6.16 Å². The highest BCUT2D eigenvalue weighted by atomic mass is 19.1. The van der Waals surface area contributed by atoms with Crippen LogP contribution in [0.25, 0.3) is 11.0 Å². The van der Waals surface area contributed by atoms with Crippen molar-refractivity contribution in [1.82, 2.24) is 19.5 Å². The minimum atomic E-state index is -0.740. The van der Waals surface area contributed by atoms with E-state index in [9.17, 15) is 9.18 Å². The SMILES string of the molecule is CCCCCCCCCOC(=O)OCOc1ccnc(N(C)C2CCN(c3nc4ccccc4n3Cc3ccc(F)cc3)CC2)n1. The van der Waals surface area contributed by atoms with Crippen LogP contribution in [0.1, 0.15) is 70.3 Å². The summed E-state index contributed by atoms with van der Waals surface area (Å²) >= 11 is 0. The summed E-state index contributed by atoms with van der Waals surface area (Å²) in [7, 11) is 1.99. The van der Waals surface area contributed by atoms with Crippen molar-refractivity contribution >= 4 is 29.1 Å². The number of rotatable bonds is 16. The molecule has 246 valence electrons. The van der Waals surface area contributed by atoms with Crippen LogP contribution in [-0.2, 0) is 16.0 Å². The smallest absolute Gasteiger partial charge is 0.440 e. The van der Waals surface area contributed by atoms with Gasteiger partial charge in [0.25, 0.3) is 0 Å². The Balaban J connectivity index is 1.09. The lowest BCUT2D eigenvalue weighted by Gasteiger charge is -2.37. The molecule has 1 aliphatic heterocycles. The molecular formula is C35H45FN6O4. The fourth-order valence-corrected chi connectivity index (χ4v) is 5.83. The Hall–Kier alpha value is -4.41. The molecule has 0 amide bonds. The van der Waals surface area contributed by atoms with Crippen molar-refractivity contribution in [3.8, 4) is 5.88 Å². The summed E-state index contributed by atoms with van der Waals surface area (Å²) in [6, 6.07) is 16.6. The number of aromatic nitrogens is 4. The monoisotopic (exact) mass is 632 g/mol. The second-order valence-electron chi connectivity index (χ2n) is 11.8. The molecule has 0 atom stereocenters. The summed E-state index contributed by atoms with van der Waals surface area (Å²) in [5.41, 5.74) is 3.01. The maximum absolute atomic E-state index is 13.5. The van der Waals surface area contributed by atoms with Gasteiger partial charge in [0.05, 0.1) is 24.2 Å². The maximum Gasteiger partial charge on any atom is 0.511 e. The largest absolute Gasteiger partial charge is 0.511 e. The minimum absolute atomic E-state index is 0.222. The molecule has 11 heteroatoms. The van der Waals surface area contributed by atoms with Crippen LogP contribution in [0.2, 0.25) is 0 Å². The zero-order valence-corrected chi connectivity index (χ0v) is 26.9. The van der Waals surface area contributed by atoms with Crippen LogP contribution in [0.4, 0.5) is 21.1 Å². The summed E-state index contributed by atoms with van der Waals surface area (Å²) in [5.74, 6) is 1.54. The number of para-hydroxylation sites is 2. The van der Waals surface area contributed by atoms with Gasteiger partial charge in [0.15, 0.2) is 0 Å². The third-order valence-corrected chi connectivity index (χ3v) is 8.47. The van der Waals surface area contributed by atoms with Crippen molar-refractivity contribution in [2.75, 3.05) is 43.3 Å². The van der Waals surface area contributed by atoms with E-state index in [1.165, 1.54) is 37.8 Å². The van der Waals surface area contributed by atoms with Gasteiger partial charge in [-0.05, 0) is 49.1 Å². The van der Waals surface area contributed by atoms with Crippen LogP contribution in [0.5, 0.6) is 5.88 Å². The van der Waals surface area contributed by atoms with Gasteiger partial charge in [0.2, 0.25) is 24.6 Å². The molecule has 0 aliphatic carbocycles. The third kappa shape index (κ3) is 9.08. The van der Waals surface area contributed by atoms with Gasteiger partial charge < -0.3 is 28.6 Å². The number of fused-ring (bicyclic) bond motifs is 1. The zero-order chi connectivity index (χ0) is 32.1. The van der Waals surface area contributed by atoms with E-state index in [0.29, 0.717) is 25.0 Å². The van der Waals surface area contributed by atoms with Gasteiger partial charge in [0.1, 0.15) is 5.82 Å². The molecule has 10 nitrogen and oxygen atoms in total. The van der Waals surface area contributed by atoms with E-state index in [1.54, 1.807) is 12.3 Å². The number of ether oxygens (including phenoxy) is 3. The molecule has 2 aromatic carbocycles. The van der Waals surface area contributed by atoms with Crippen molar-refractivity contribution in [3.05, 3.63) is 72.2 Å². The Morgan fingerprint density at radius 3 is 2.46 bits per heavy atom. The lowest BCUT2D eigenvalue weighted by atomic mass is 10.0. The van der Waals surface area contributed by atoms with E-state index in [0.717, 1.165) is 67.7 Å². The first-order valence-electron chi connectivity index (χ1n) is 16.4. The highest BCUT2D eigenvalue weighted by molar-refractivity contribution is 5.79. The quantitative estimate of drug-likeness (QED) is 0.0713. The molecule has 5 rings (SSSR count). The van der Waals surface area contributed by atoms with Crippen LogP contribution < -0.4 is 14.5 Å². The molecule has 0 saturated carbocycles. The number of halogens is 1. The van der Waals surface area contributed by atoms with Gasteiger partial charge in [-0.3, -0.25) is 0 Å². The third-order valence-electron chi connectivity index (χ3n) is 8.47. The maximum atomic E-state index is 13.5. The summed E-state index contributed by atoms with van der Waals surface area (Å²) in [6.45, 7) is 4.50. The molecule has 3 heterocycles. The van der Waals surface area contributed by atoms with Gasteiger partial charge in [0, 0.05) is 38.4 Å². The Bertz CT molecular complexity index is 1520. The van der Waals surface area contributed by atoms with Gasteiger partial charge in [-0.2, -0.15) is 4.98 Å². The lowest BCUT2D eigenvalue weighted by molar-refractivity contribution is 0.00255. The van der Waals surface area contributed by atoms with Crippen LogP contribution in [0.15, 0.2) is 60.8 Å². The van der Waals surface area contributed by atoms with E-state index in [4.69, 9.17) is 19.2 Å². The van der Waals surface area contributed by atoms with E-state index in [1.807, 2.05) is 37.4 Å². The summed E-state index contributed by atoms with van der Waals surface area (Å²) in [6.07, 6.45) is 10.7. The van der Waals surface area contributed by atoms with Crippen LogP contribution in [0, 0.1) is 5.82 Å². The molecule has 1 fully saturated rings. The highest BCUT2D eigenvalue weighted by Crippen LogP contribution is 2.28. The van der Waals surface area contributed by atoms with Crippen molar-refractivity contribution < 1.29 is 23.4 Å². The van der Waals surface area contributed by atoms with Crippen molar-refractivity contribution in [2.24, 2.45) is 0 Å². The number of piperidine rings is 1. The summed E-state index contributed by atoms with van der Waals surface area (Å²) < 4.78 is 31.5. The first kappa shape index (κ1) is 33.0. The van der Waals surface area contributed by atoms with Gasteiger partial charge in [-0.25, -0.2) is 19.2 Å². The molecule has 0 N–H and O–H groups in total. The van der Waals surface area contributed by atoms with E-state index in [2.05, 4.69) is 37.3 Å². The van der Waals surface area contributed by atoms with Crippen LogP contribution >= 0.6 is 0 Å². The molecule has 0 radical (unpaired) electrons. The van der Waals surface area contributed by atoms with Gasteiger partial charge in [-0.15, -0.1) is 0 Å². The molecule has 1 aliphatic rings. The lowest BCUT2D eigenvalue weighted by Crippen LogP contribution is -2.44. The molecular weight excluding hydrogens is 587 g/mol. The number of benzene rings is 2. The van der Waals surface area contributed by atoms with Gasteiger partial charge >= 0.3 is 6.16 Å². The molecule has 2 aromatic heterocycles. The Morgan fingerprint density at radius 1 is 0.935 bits per heavy atom. The van der Waals surface area contributed by atoms with Crippen LogP contribution in [0.3, 0.4) is 0 Å². The second kappa shape index (κ2) is 16.8. The highest BCUT2D eigenvalue weighted by Gasteiger charge is 2.27. The van der Waals surface area contributed by atoms with Gasteiger partial charge in [-0.1, -0.05) is 69.7 Å². The van der Waals surface area contributed by atoms with E-state index in [-0.39, 0.29) is 18.7 Å². The molecule has 0 bridgehead atoms. The van der Waals surface area contributed by atoms with Crippen molar-refractivity contribution in [3.63, 3.8) is 0 Å². The Labute approximate surface area is 270 Å². The second-order valence-corrected chi connectivity index (χ2v) is 11.8. The zero-order valence-electron chi connectivity index (χ0n) is 26.9. The normalized spacial score (nSPS) is 13.6. The molecule has 0 unspecified atom stereocenters. The van der Waals surface area contributed by atoms with Crippen molar-refractivity contribution in [1.29, 1.82) is 0 Å². The number of imidazole rings is 1. The number of carbonyl (C=O) groups is 1. The topological polar surface area (TPSA) is 94.8 Å². The number of unbranched alkanes of at least 4 members (excludes halogenated alkanes) is 6. The number of hydrogen-bond donors (Lipinski definition) is 0. The van der Waals surface area contributed by atoms with Crippen LogP contribution in [-0.4, -0.2) is 65.3 Å². The number of carbonyl (C=O) groups excluding carboxylic acids is 1. The average Bonchev–Trinajstić information content (AvgIpc) is 3.45. The fraction of sp³-hybridized carbons (Fsp3) is 0.486. The number of nitrogens with zero attached hydrogens (tertiary/aromatic N) is 6. The Morgan fingerprint density at radius 2 is 1.67 bits per heavy atom. The Kier molecular flexibility index (Phi) is 12.0. The molecule has 4 aromatic rings. The predicted molar refractivity (Wildman–Crippen MR) is 177 cm³/mol. The molecule has 1 saturated heterocycles. The standard InChI is InChI=1S/C35H45FN6O4/c1-3-4-5-6-7-8-11-24-44-35(43)46-26-45-32-18-21-37-33(39-32)40(2)29-19-22-41(23-20-29)34-38-30-12-9-10-13-31(30)42(34)25-27-14-16-28(36)17-15-27/h9-10,12-18,21,29H,3-8,11,19-20,22-26H2,1-2H3. The molecule has 46 heavy (non-hydrogen) atoms. The first-order chi connectivity index (χ1) is 22.5. The minimum Gasteiger partial charge on any atom is -0.440 e.